The lowest BCUT2D eigenvalue weighted by Crippen LogP contribution is -2.49. The Bertz CT molecular complexity index is 1650. The molecule has 0 unspecified atom stereocenters. The number of nitrogens with one attached hydrogen (secondary N) is 1. The Morgan fingerprint density at radius 3 is 2.48 bits per heavy atom. The average Bonchev–Trinajstić information content (AvgIpc) is 3.24. The third kappa shape index (κ3) is 6.02. The summed E-state index contributed by atoms with van der Waals surface area (Å²) in [4.78, 5) is 49.5. The van der Waals surface area contributed by atoms with Crippen molar-refractivity contribution in [1.29, 1.82) is 0 Å². The standard InChI is InChI=1S/C29H36N10O3/c1-6-12-38-27(41)21-18-31-28(34-26(21)39(38)24-9-7-8-22(33-24)29(2,3)42)32-20-10-11-23(30-17-20)37-15-13-36(14-16-37)19-25(40)35(4)5/h6-11,17-18,42H,1,12-16,19H2,2-5H3,(H,31,32,34). The van der Waals surface area contributed by atoms with Gasteiger partial charge in [0.25, 0.3) is 5.56 Å². The van der Waals surface area contributed by atoms with Crippen LogP contribution in [0.3, 0.4) is 0 Å². The second-order valence-corrected chi connectivity index (χ2v) is 10.9. The summed E-state index contributed by atoms with van der Waals surface area (Å²) in [6, 6.07) is 9.11. The molecule has 1 aliphatic rings. The van der Waals surface area contributed by atoms with E-state index in [1.807, 2.05) is 12.1 Å². The molecule has 0 radical (unpaired) electrons. The van der Waals surface area contributed by atoms with E-state index in [9.17, 15) is 14.7 Å². The van der Waals surface area contributed by atoms with Crippen molar-refractivity contribution in [2.45, 2.75) is 26.0 Å². The van der Waals surface area contributed by atoms with Gasteiger partial charge in [-0.2, -0.15) is 4.98 Å². The minimum absolute atomic E-state index is 0.102. The van der Waals surface area contributed by atoms with Gasteiger partial charge in [-0.3, -0.25) is 14.5 Å². The third-order valence-electron chi connectivity index (χ3n) is 7.11. The highest BCUT2D eigenvalue weighted by Crippen LogP contribution is 2.22. The lowest BCUT2D eigenvalue weighted by atomic mass is 10.1. The number of allylic oxidation sites excluding steroid dienone is 1. The Morgan fingerprint density at radius 2 is 1.83 bits per heavy atom. The molecular formula is C29H36N10O3. The van der Waals surface area contributed by atoms with Crippen molar-refractivity contribution in [2.75, 3.05) is 57.0 Å². The number of carbonyl (C=O) groups excluding carboxylic acids is 1. The summed E-state index contributed by atoms with van der Waals surface area (Å²) >= 11 is 0. The van der Waals surface area contributed by atoms with E-state index in [0.29, 0.717) is 40.7 Å². The lowest BCUT2D eigenvalue weighted by molar-refractivity contribution is -0.129. The lowest BCUT2D eigenvalue weighted by Gasteiger charge is -2.35. The van der Waals surface area contributed by atoms with Gasteiger partial charge in [-0.15, -0.1) is 6.58 Å². The number of hydrogen-bond acceptors (Lipinski definition) is 10. The molecule has 1 amide bonds. The summed E-state index contributed by atoms with van der Waals surface area (Å²) in [5.41, 5.74) is 0.0812. The maximum Gasteiger partial charge on any atom is 0.278 e. The van der Waals surface area contributed by atoms with E-state index in [0.717, 1.165) is 32.0 Å². The van der Waals surface area contributed by atoms with Crippen molar-refractivity contribution in [3.63, 3.8) is 0 Å². The molecule has 4 aromatic heterocycles. The number of fused-ring (bicyclic) bond motifs is 1. The number of aromatic nitrogens is 6. The zero-order valence-electron chi connectivity index (χ0n) is 24.4. The number of amides is 1. The fourth-order valence-electron chi connectivity index (χ4n) is 4.73. The molecular weight excluding hydrogens is 536 g/mol. The third-order valence-corrected chi connectivity index (χ3v) is 7.11. The van der Waals surface area contributed by atoms with Crippen molar-refractivity contribution in [3.8, 4) is 5.82 Å². The Kier molecular flexibility index (Phi) is 8.05. The summed E-state index contributed by atoms with van der Waals surface area (Å²) in [6.07, 6.45) is 4.83. The molecule has 1 fully saturated rings. The molecule has 1 saturated heterocycles. The van der Waals surface area contributed by atoms with E-state index >= 15 is 0 Å². The second-order valence-electron chi connectivity index (χ2n) is 10.9. The summed E-state index contributed by atoms with van der Waals surface area (Å²) in [6.45, 7) is 10.9. The first-order chi connectivity index (χ1) is 20.0. The van der Waals surface area contributed by atoms with Gasteiger partial charge in [0.15, 0.2) is 11.5 Å². The molecule has 0 spiro atoms. The van der Waals surface area contributed by atoms with E-state index < -0.39 is 5.60 Å². The van der Waals surface area contributed by atoms with Crippen LogP contribution in [0, 0.1) is 0 Å². The molecule has 220 valence electrons. The number of carbonyl (C=O) groups is 1. The number of rotatable bonds is 9. The van der Waals surface area contributed by atoms with Gasteiger partial charge in [0.2, 0.25) is 11.9 Å². The first-order valence-electron chi connectivity index (χ1n) is 13.8. The zero-order chi connectivity index (χ0) is 30.0. The van der Waals surface area contributed by atoms with Crippen molar-refractivity contribution >= 4 is 34.4 Å². The van der Waals surface area contributed by atoms with Crippen LogP contribution in [0.4, 0.5) is 17.5 Å². The molecule has 0 aliphatic carbocycles. The highest BCUT2D eigenvalue weighted by molar-refractivity contribution is 5.78. The predicted octanol–water partition coefficient (Wildman–Crippen LogP) is 1.74. The topological polar surface area (TPSA) is 138 Å². The summed E-state index contributed by atoms with van der Waals surface area (Å²) in [5, 5.41) is 14.0. The zero-order valence-corrected chi connectivity index (χ0v) is 24.4. The Balaban J connectivity index is 1.37. The van der Waals surface area contributed by atoms with Crippen LogP contribution in [0.25, 0.3) is 16.9 Å². The number of pyridine rings is 2. The fraction of sp³-hybridized carbons (Fsp3) is 0.379. The Hall–Kier alpha value is -4.62. The van der Waals surface area contributed by atoms with Crippen LogP contribution in [-0.4, -0.2) is 96.9 Å². The van der Waals surface area contributed by atoms with Crippen molar-refractivity contribution in [1.82, 2.24) is 39.1 Å². The SMILES string of the molecule is C=CCn1c(=O)c2cnc(Nc3ccc(N4CCN(CC(=O)N(C)C)CC4)nc3)nc2n1-c1cccc(C(C)(C)O)n1. The normalized spacial score (nSPS) is 14.3. The van der Waals surface area contributed by atoms with Gasteiger partial charge in [-0.05, 0) is 38.1 Å². The van der Waals surface area contributed by atoms with Crippen LogP contribution in [-0.2, 0) is 16.9 Å². The van der Waals surface area contributed by atoms with E-state index in [-0.39, 0.29) is 18.0 Å². The van der Waals surface area contributed by atoms with Crippen molar-refractivity contribution in [2.24, 2.45) is 0 Å². The summed E-state index contributed by atoms with van der Waals surface area (Å²) in [5.74, 6) is 1.68. The van der Waals surface area contributed by atoms with Crippen molar-refractivity contribution < 1.29 is 9.90 Å². The van der Waals surface area contributed by atoms with Gasteiger partial charge < -0.3 is 20.2 Å². The molecule has 0 atom stereocenters. The van der Waals surface area contributed by atoms with Crippen LogP contribution in [0.1, 0.15) is 19.5 Å². The van der Waals surface area contributed by atoms with Crippen LogP contribution >= 0.6 is 0 Å². The van der Waals surface area contributed by atoms with Crippen LogP contribution < -0.4 is 15.8 Å². The van der Waals surface area contributed by atoms with Crippen LogP contribution in [0.2, 0.25) is 0 Å². The molecule has 0 saturated carbocycles. The molecule has 42 heavy (non-hydrogen) atoms. The van der Waals surface area contributed by atoms with Gasteiger partial charge in [0.05, 0.1) is 30.7 Å². The molecule has 0 aromatic carbocycles. The summed E-state index contributed by atoms with van der Waals surface area (Å²) in [7, 11) is 3.54. The maximum atomic E-state index is 13.2. The van der Waals surface area contributed by atoms with Crippen LogP contribution in [0.5, 0.6) is 0 Å². The highest BCUT2D eigenvalue weighted by atomic mass is 16.3. The molecule has 2 N–H and O–H groups in total. The Morgan fingerprint density at radius 1 is 1.07 bits per heavy atom. The van der Waals surface area contributed by atoms with E-state index in [1.54, 1.807) is 68.0 Å². The van der Waals surface area contributed by atoms with Gasteiger partial charge >= 0.3 is 0 Å². The number of likely N-dealkylation sites (N-methyl/N-ethyl adjacent to an activating group) is 1. The predicted molar refractivity (Wildman–Crippen MR) is 161 cm³/mol. The minimum atomic E-state index is -1.16. The molecule has 13 nitrogen and oxygen atoms in total. The average molecular weight is 573 g/mol. The molecule has 13 heteroatoms. The van der Waals surface area contributed by atoms with E-state index in [4.69, 9.17) is 0 Å². The van der Waals surface area contributed by atoms with E-state index in [2.05, 4.69) is 41.6 Å². The molecule has 5 rings (SSSR count). The van der Waals surface area contributed by atoms with Gasteiger partial charge in [0, 0.05) is 46.5 Å². The fourth-order valence-corrected chi connectivity index (χ4v) is 4.73. The van der Waals surface area contributed by atoms with Crippen LogP contribution in [0.15, 0.2) is 60.2 Å². The van der Waals surface area contributed by atoms with Crippen molar-refractivity contribution in [3.05, 3.63) is 71.4 Å². The number of hydrogen-bond donors (Lipinski definition) is 2. The molecule has 4 aromatic rings. The molecule has 1 aliphatic heterocycles. The minimum Gasteiger partial charge on any atom is -0.384 e. The number of aliphatic hydroxyl groups is 1. The summed E-state index contributed by atoms with van der Waals surface area (Å²) < 4.78 is 3.10. The quantitative estimate of drug-likeness (QED) is 0.285. The monoisotopic (exact) mass is 572 g/mol. The van der Waals surface area contributed by atoms with Gasteiger partial charge in [0.1, 0.15) is 16.8 Å². The first-order valence-corrected chi connectivity index (χ1v) is 13.8. The first kappa shape index (κ1) is 28.9. The van der Waals surface area contributed by atoms with E-state index in [1.165, 1.54) is 10.9 Å². The van der Waals surface area contributed by atoms with Gasteiger partial charge in [-0.1, -0.05) is 12.1 Å². The largest absolute Gasteiger partial charge is 0.384 e. The Labute approximate surface area is 243 Å². The molecule has 5 heterocycles. The number of piperazine rings is 1. The smallest absolute Gasteiger partial charge is 0.278 e. The molecule has 0 bridgehead atoms. The van der Waals surface area contributed by atoms with Gasteiger partial charge in [-0.25, -0.2) is 24.3 Å². The number of nitrogens with zero attached hydrogens (tertiary/aromatic N) is 9. The maximum absolute atomic E-state index is 13.2. The number of anilines is 3. The second kappa shape index (κ2) is 11.7. The highest BCUT2D eigenvalue weighted by Gasteiger charge is 2.23.